The number of hydrogen-bond donors (Lipinski definition) is 1. The molecule has 0 saturated carbocycles. The second-order valence-corrected chi connectivity index (χ2v) is 8.72. The molecule has 6 nitrogen and oxygen atoms in total. The number of benzene rings is 2. The summed E-state index contributed by atoms with van der Waals surface area (Å²) in [5.41, 5.74) is 3.98. The van der Waals surface area contributed by atoms with Gasteiger partial charge in [-0.25, -0.2) is 4.79 Å². The van der Waals surface area contributed by atoms with Crippen LogP contribution in [0.4, 0.5) is 13.2 Å². The average molecular weight is 486 g/mol. The first-order valence-electron chi connectivity index (χ1n) is 11.1. The topological polar surface area (TPSA) is 77.5 Å². The number of nitrogens with zero attached hydrogens (tertiary/aromatic N) is 2. The molecule has 0 radical (unpaired) electrons. The number of aliphatic carboxylic acids is 1. The molecule has 0 aliphatic rings. The van der Waals surface area contributed by atoms with Gasteiger partial charge in [-0.2, -0.15) is 13.2 Å². The molecule has 0 aliphatic carbocycles. The van der Waals surface area contributed by atoms with Crippen molar-refractivity contribution in [2.45, 2.75) is 45.8 Å². The van der Waals surface area contributed by atoms with Gasteiger partial charge in [0.05, 0.1) is 11.3 Å². The number of fused-ring (bicyclic) bond motifs is 1. The van der Waals surface area contributed by atoms with Crippen molar-refractivity contribution in [2.75, 3.05) is 6.61 Å². The first-order valence-corrected chi connectivity index (χ1v) is 11.1. The lowest BCUT2D eigenvalue weighted by Gasteiger charge is -2.12. The minimum atomic E-state index is -4.37. The Balaban J connectivity index is 1.56. The van der Waals surface area contributed by atoms with Crippen LogP contribution in [0.3, 0.4) is 0 Å². The van der Waals surface area contributed by atoms with Crippen molar-refractivity contribution in [1.82, 2.24) is 9.72 Å². The van der Waals surface area contributed by atoms with E-state index in [1.54, 1.807) is 6.07 Å². The Hall–Kier alpha value is -3.75. The lowest BCUT2D eigenvalue weighted by Crippen LogP contribution is -2.10. The third-order valence-corrected chi connectivity index (χ3v) is 5.85. The number of carboxylic acid groups (broad SMARTS) is 1. The predicted octanol–water partition coefficient (Wildman–Crippen LogP) is 6.45. The van der Waals surface area contributed by atoms with E-state index in [1.165, 1.54) is 12.1 Å². The maximum absolute atomic E-state index is 12.9. The summed E-state index contributed by atoms with van der Waals surface area (Å²) < 4.78 is 51.6. The summed E-state index contributed by atoms with van der Waals surface area (Å²) in [4.78, 5) is 10.8. The van der Waals surface area contributed by atoms with Crippen LogP contribution in [0.5, 0.6) is 5.75 Å². The summed E-state index contributed by atoms with van der Waals surface area (Å²) in [6.45, 7) is 5.48. The minimum absolute atomic E-state index is 0.165. The molecule has 0 aliphatic heterocycles. The van der Waals surface area contributed by atoms with Gasteiger partial charge in [-0.05, 0) is 74.6 Å². The SMILES string of the molecule is Cc1cc2c(CCc3cc(-c4ccc(C(F)(F)F)cc4)cn3C(C)C)noc2cc1OCC(=O)O. The van der Waals surface area contributed by atoms with Gasteiger partial charge in [0.1, 0.15) is 5.75 Å². The minimum Gasteiger partial charge on any atom is -0.481 e. The fraction of sp³-hybridized carbons (Fsp3) is 0.308. The highest BCUT2D eigenvalue weighted by atomic mass is 19.4. The third-order valence-electron chi connectivity index (χ3n) is 5.85. The summed E-state index contributed by atoms with van der Waals surface area (Å²) in [5.74, 6) is -0.635. The maximum Gasteiger partial charge on any atom is 0.416 e. The van der Waals surface area contributed by atoms with Gasteiger partial charge >= 0.3 is 12.1 Å². The molecular formula is C26H25F3N2O4. The smallest absolute Gasteiger partial charge is 0.416 e. The summed E-state index contributed by atoms with van der Waals surface area (Å²) in [6, 6.07) is 10.8. The molecule has 0 fully saturated rings. The average Bonchev–Trinajstić information content (AvgIpc) is 3.39. The molecule has 2 heterocycles. The summed E-state index contributed by atoms with van der Waals surface area (Å²) in [6.07, 6.45) is -1.17. The van der Waals surface area contributed by atoms with Crippen LogP contribution in [0.15, 0.2) is 53.2 Å². The molecule has 4 aromatic rings. The molecule has 35 heavy (non-hydrogen) atoms. The highest BCUT2D eigenvalue weighted by molar-refractivity contribution is 5.82. The fourth-order valence-corrected chi connectivity index (χ4v) is 4.06. The number of carboxylic acids is 1. The number of carbonyl (C=O) groups is 1. The van der Waals surface area contributed by atoms with Crippen molar-refractivity contribution in [3.05, 3.63) is 71.2 Å². The Bertz CT molecular complexity index is 1350. The Morgan fingerprint density at radius 1 is 1.11 bits per heavy atom. The van der Waals surface area contributed by atoms with E-state index in [2.05, 4.69) is 9.72 Å². The molecule has 9 heteroatoms. The lowest BCUT2D eigenvalue weighted by atomic mass is 10.0. The molecule has 0 atom stereocenters. The van der Waals surface area contributed by atoms with E-state index < -0.39 is 24.3 Å². The van der Waals surface area contributed by atoms with E-state index in [9.17, 15) is 18.0 Å². The van der Waals surface area contributed by atoms with E-state index >= 15 is 0 Å². The van der Waals surface area contributed by atoms with Crippen molar-refractivity contribution >= 4 is 16.9 Å². The Labute approximate surface area is 199 Å². The maximum atomic E-state index is 12.9. The molecule has 0 saturated heterocycles. The van der Waals surface area contributed by atoms with Gasteiger partial charge in [-0.1, -0.05) is 17.3 Å². The number of ether oxygens (including phenoxy) is 1. The fourth-order valence-electron chi connectivity index (χ4n) is 4.06. The van der Waals surface area contributed by atoms with Crippen LogP contribution in [-0.4, -0.2) is 27.4 Å². The number of halogens is 3. The van der Waals surface area contributed by atoms with Crippen molar-refractivity contribution in [1.29, 1.82) is 0 Å². The first kappa shape index (κ1) is 24.4. The zero-order chi connectivity index (χ0) is 25.3. The van der Waals surface area contributed by atoms with Crippen LogP contribution in [0.1, 0.15) is 42.4 Å². The zero-order valence-corrected chi connectivity index (χ0v) is 19.5. The summed E-state index contributed by atoms with van der Waals surface area (Å²) >= 11 is 0. The second kappa shape index (κ2) is 9.48. The number of aromatic nitrogens is 2. The predicted molar refractivity (Wildman–Crippen MR) is 125 cm³/mol. The van der Waals surface area contributed by atoms with Crippen LogP contribution >= 0.6 is 0 Å². The Kier molecular flexibility index (Phi) is 6.60. The van der Waals surface area contributed by atoms with Gasteiger partial charge < -0.3 is 18.9 Å². The zero-order valence-electron chi connectivity index (χ0n) is 19.5. The quantitative estimate of drug-likeness (QED) is 0.310. The molecule has 2 aromatic carbocycles. The van der Waals surface area contributed by atoms with Crippen LogP contribution in [0.25, 0.3) is 22.1 Å². The van der Waals surface area contributed by atoms with Crippen molar-refractivity contribution < 1.29 is 32.3 Å². The van der Waals surface area contributed by atoms with Crippen molar-refractivity contribution in [3.8, 4) is 16.9 Å². The van der Waals surface area contributed by atoms with Crippen molar-refractivity contribution in [2.24, 2.45) is 0 Å². The normalized spacial score (nSPS) is 12.0. The molecule has 0 bridgehead atoms. The summed E-state index contributed by atoms with van der Waals surface area (Å²) in [7, 11) is 0. The molecule has 2 aromatic heterocycles. The number of alkyl halides is 3. The molecule has 0 amide bonds. The van der Waals surface area contributed by atoms with Crippen LogP contribution < -0.4 is 4.74 Å². The first-order chi connectivity index (χ1) is 16.5. The standard InChI is InChI=1S/C26H25F3N2O4/c1-15(2)31-13-18(17-4-6-19(7-5-17)26(27,28)29)11-20(31)8-9-22-21-10-16(3)23(34-14-25(32)33)12-24(21)35-30-22/h4-7,10-13,15H,8-9,14H2,1-3H3,(H,32,33). The van der Waals surface area contributed by atoms with Gasteiger partial charge in [0.2, 0.25) is 0 Å². The largest absolute Gasteiger partial charge is 0.481 e. The molecule has 0 unspecified atom stereocenters. The van der Waals surface area contributed by atoms with E-state index in [0.29, 0.717) is 24.2 Å². The Morgan fingerprint density at radius 2 is 1.83 bits per heavy atom. The van der Waals surface area contributed by atoms with E-state index in [1.807, 2.05) is 39.1 Å². The molecule has 184 valence electrons. The van der Waals surface area contributed by atoms with Crippen molar-refractivity contribution in [3.63, 3.8) is 0 Å². The van der Waals surface area contributed by atoms with Crippen LogP contribution in [0, 0.1) is 6.92 Å². The van der Waals surface area contributed by atoms with Gasteiger partial charge in [-0.3, -0.25) is 0 Å². The van der Waals surface area contributed by atoms with Crippen LogP contribution in [0.2, 0.25) is 0 Å². The van der Waals surface area contributed by atoms with Crippen LogP contribution in [-0.2, 0) is 23.8 Å². The van der Waals surface area contributed by atoms with Gasteiger partial charge in [0.15, 0.2) is 12.2 Å². The number of hydrogen-bond acceptors (Lipinski definition) is 4. The van der Waals surface area contributed by atoms with Gasteiger partial charge in [0.25, 0.3) is 0 Å². The molecule has 4 rings (SSSR count). The third kappa shape index (κ3) is 5.34. The lowest BCUT2D eigenvalue weighted by molar-refractivity contribution is -0.139. The summed E-state index contributed by atoms with van der Waals surface area (Å²) in [5, 5.41) is 13.9. The number of rotatable bonds is 8. The van der Waals surface area contributed by atoms with E-state index in [-0.39, 0.29) is 6.04 Å². The highest BCUT2D eigenvalue weighted by Crippen LogP contribution is 2.33. The molecule has 1 N–H and O–H groups in total. The van der Waals surface area contributed by atoms with Gasteiger partial charge in [-0.15, -0.1) is 0 Å². The Morgan fingerprint density at radius 3 is 2.46 bits per heavy atom. The van der Waals surface area contributed by atoms with Gasteiger partial charge in [0, 0.05) is 29.4 Å². The molecule has 0 spiro atoms. The highest BCUT2D eigenvalue weighted by Gasteiger charge is 2.30. The monoisotopic (exact) mass is 486 g/mol. The van der Waals surface area contributed by atoms with E-state index in [0.717, 1.165) is 45.6 Å². The second-order valence-electron chi connectivity index (χ2n) is 8.72. The number of aryl methyl sites for hydroxylation is 3. The molecular weight excluding hydrogens is 461 g/mol. The van der Waals surface area contributed by atoms with E-state index in [4.69, 9.17) is 14.4 Å².